The lowest BCUT2D eigenvalue weighted by Crippen LogP contribution is -2.40. The van der Waals surface area contributed by atoms with Crippen LogP contribution in [0.4, 0.5) is 0 Å². The minimum Gasteiger partial charge on any atom is -0.390 e. The fraction of sp³-hybridized carbons (Fsp3) is 0.526. The summed E-state index contributed by atoms with van der Waals surface area (Å²) in [6, 6.07) is 7.59. The number of nitrogens with zero attached hydrogens (tertiary/aromatic N) is 2. The van der Waals surface area contributed by atoms with E-state index in [9.17, 15) is 5.11 Å². The van der Waals surface area contributed by atoms with E-state index in [1.165, 1.54) is 0 Å². The monoisotopic (exact) mass is 366 g/mol. The fourth-order valence-corrected chi connectivity index (χ4v) is 2.81. The first kappa shape index (κ1) is 19.9. The van der Waals surface area contributed by atoms with Crippen LogP contribution in [0.3, 0.4) is 0 Å². The van der Waals surface area contributed by atoms with Gasteiger partial charge in [0.15, 0.2) is 0 Å². The molecule has 138 valence electrons. The molecule has 1 aliphatic heterocycles. The number of hydrogen-bond acceptors (Lipinski definition) is 5. The minimum absolute atomic E-state index is 0.0381. The largest absolute Gasteiger partial charge is 0.390 e. The average Bonchev–Trinajstić information content (AvgIpc) is 3.02. The molecule has 2 atom stereocenters. The normalized spacial score (nSPS) is 18.3. The van der Waals surface area contributed by atoms with Crippen molar-refractivity contribution in [3.8, 4) is 0 Å². The molecule has 6 heteroatoms. The van der Waals surface area contributed by atoms with Gasteiger partial charge in [-0.15, -0.1) is 6.58 Å². The Balaban J connectivity index is 1.84. The van der Waals surface area contributed by atoms with Gasteiger partial charge in [-0.25, -0.2) is 0 Å². The van der Waals surface area contributed by atoms with Crippen molar-refractivity contribution in [2.45, 2.75) is 38.6 Å². The maximum absolute atomic E-state index is 10.1. The van der Waals surface area contributed by atoms with Crippen LogP contribution < -0.4 is 0 Å². The van der Waals surface area contributed by atoms with E-state index < -0.39 is 6.10 Å². The van der Waals surface area contributed by atoms with Crippen molar-refractivity contribution in [3.05, 3.63) is 47.5 Å². The second kappa shape index (κ2) is 9.92. The van der Waals surface area contributed by atoms with E-state index in [-0.39, 0.29) is 12.2 Å². The highest BCUT2D eigenvalue weighted by molar-refractivity contribution is 6.30. The third kappa shape index (κ3) is 6.78. The number of benzene rings is 1. The molecule has 0 saturated carbocycles. The van der Waals surface area contributed by atoms with Crippen LogP contribution in [0.1, 0.15) is 25.8 Å². The zero-order valence-corrected chi connectivity index (χ0v) is 15.7. The van der Waals surface area contributed by atoms with E-state index in [0.717, 1.165) is 17.7 Å². The van der Waals surface area contributed by atoms with Crippen molar-refractivity contribution in [2.75, 3.05) is 26.2 Å². The summed E-state index contributed by atoms with van der Waals surface area (Å²) in [6.45, 7) is 9.88. The van der Waals surface area contributed by atoms with Gasteiger partial charge in [0.2, 0.25) is 0 Å². The smallest absolute Gasteiger partial charge is 0.145 e. The SMILES string of the molecule is C=CCN(C[C@H](O)COC(C)C)C[C@@H]1CC(c2ccc(Cl)cc2)=NO1. The summed E-state index contributed by atoms with van der Waals surface area (Å²) in [5.74, 6) is 0. The number of aliphatic hydroxyl groups is 1. The Morgan fingerprint density at radius 3 is 2.80 bits per heavy atom. The molecule has 0 aliphatic carbocycles. The molecule has 0 saturated heterocycles. The predicted octanol–water partition coefficient (Wildman–Crippen LogP) is 3.11. The van der Waals surface area contributed by atoms with Gasteiger partial charge in [0.1, 0.15) is 6.10 Å². The summed E-state index contributed by atoms with van der Waals surface area (Å²) >= 11 is 5.92. The molecule has 0 bridgehead atoms. The highest BCUT2D eigenvalue weighted by Gasteiger charge is 2.25. The maximum atomic E-state index is 10.1. The van der Waals surface area contributed by atoms with Crippen LogP contribution >= 0.6 is 11.6 Å². The molecular weight excluding hydrogens is 340 g/mol. The summed E-state index contributed by atoms with van der Waals surface area (Å²) in [5, 5.41) is 15.0. The maximum Gasteiger partial charge on any atom is 0.145 e. The topological polar surface area (TPSA) is 54.3 Å². The fourth-order valence-electron chi connectivity index (χ4n) is 2.69. The van der Waals surface area contributed by atoms with Gasteiger partial charge < -0.3 is 14.7 Å². The van der Waals surface area contributed by atoms with Crippen LogP contribution in [-0.2, 0) is 9.57 Å². The number of rotatable bonds is 10. The molecule has 0 radical (unpaired) electrons. The molecule has 25 heavy (non-hydrogen) atoms. The van der Waals surface area contributed by atoms with Gasteiger partial charge in [0, 0.05) is 31.1 Å². The first-order valence-corrected chi connectivity index (χ1v) is 8.97. The second-order valence-corrected chi connectivity index (χ2v) is 6.96. The zero-order chi connectivity index (χ0) is 18.2. The van der Waals surface area contributed by atoms with Gasteiger partial charge in [0.25, 0.3) is 0 Å². The first-order chi connectivity index (χ1) is 12.0. The summed E-state index contributed by atoms with van der Waals surface area (Å²) in [7, 11) is 0. The summed E-state index contributed by atoms with van der Waals surface area (Å²) < 4.78 is 5.47. The van der Waals surface area contributed by atoms with Gasteiger partial charge in [-0.05, 0) is 31.5 Å². The molecule has 1 aliphatic rings. The van der Waals surface area contributed by atoms with Crippen molar-refractivity contribution < 1.29 is 14.7 Å². The molecule has 0 fully saturated rings. The Labute approximate surface area is 154 Å². The molecule has 0 aromatic heterocycles. The summed E-state index contributed by atoms with van der Waals surface area (Å²) in [4.78, 5) is 7.68. The number of oxime groups is 1. The van der Waals surface area contributed by atoms with Crippen molar-refractivity contribution >= 4 is 17.3 Å². The van der Waals surface area contributed by atoms with E-state index in [2.05, 4.69) is 16.6 Å². The van der Waals surface area contributed by atoms with E-state index in [1.54, 1.807) is 0 Å². The van der Waals surface area contributed by atoms with Crippen molar-refractivity contribution in [1.82, 2.24) is 4.90 Å². The van der Waals surface area contributed by atoms with E-state index in [4.69, 9.17) is 21.2 Å². The van der Waals surface area contributed by atoms with E-state index in [1.807, 2.05) is 44.2 Å². The quantitative estimate of drug-likeness (QED) is 0.646. The number of hydrogen-bond donors (Lipinski definition) is 1. The van der Waals surface area contributed by atoms with Crippen LogP contribution in [0.2, 0.25) is 5.02 Å². The molecular formula is C19H27ClN2O3. The molecule has 0 spiro atoms. The summed E-state index contributed by atoms with van der Waals surface area (Å²) in [6.07, 6.45) is 2.08. The van der Waals surface area contributed by atoms with Crippen LogP contribution in [-0.4, -0.2) is 60.3 Å². The third-order valence-electron chi connectivity index (χ3n) is 3.85. The van der Waals surface area contributed by atoms with Crippen LogP contribution in [0, 0.1) is 0 Å². The van der Waals surface area contributed by atoms with Gasteiger partial charge in [-0.1, -0.05) is 35.0 Å². The molecule has 1 aromatic rings. The minimum atomic E-state index is -0.541. The number of halogens is 1. The highest BCUT2D eigenvalue weighted by Crippen LogP contribution is 2.19. The van der Waals surface area contributed by atoms with Crippen LogP contribution in [0.25, 0.3) is 0 Å². The predicted molar refractivity (Wildman–Crippen MR) is 101 cm³/mol. The number of aliphatic hydroxyl groups excluding tert-OH is 1. The Kier molecular flexibility index (Phi) is 7.90. The Morgan fingerprint density at radius 2 is 2.16 bits per heavy atom. The van der Waals surface area contributed by atoms with Crippen LogP contribution in [0.5, 0.6) is 0 Å². The van der Waals surface area contributed by atoms with E-state index >= 15 is 0 Å². The molecule has 2 rings (SSSR count). The third-order valence-corrected chi connectivity index (χ3v) is 4.10. The molecule has 5 nitrogen and oxygen atoms in total. The van der Waals surface area contributed by atoms with Gasteiger partial charge in [-0.3, -0.25) is 4.90 Å². The Morgan fingerprint density at radius 1 is 1.44 bits per heavy atom. The van der Waals surface area contributed by atoms with Crippen molar-refractivity contribution in [3.63, 3.8) is 0 Å². The number of ether oxygens (including phenoxy) is 1. The summed E-state index contributed by atoms with van der Waals surface area (Å²) in [5.41, 5.74) is 1.94. The lowest BCUT2D eigenvalue weighted by atomic mass is 10.0. The first-order valence-electron chi connectivity index (χ1n) is 8.59. The molecule has 1 aromatic carbocycles. The Bertz CT molecular complexity index is 575. The molecule has 0 amide bonds. The van der Waals surface area contributed by atoms with Gasteiger partial charge >= 0.3 is 0 Å². The van der Waals surface area contributed by atoms with Crippen molar-refractivity contribution in [1.29, 1.82) is 0 Å². The lowest BCUT2D eigenvalue weighted by molar-refractivity contribution is -0.0158. The standard InChI is InChI=1S/C19H27ClN2O3/c1-4-9-22(11-17(23)13-24-14(2)3)12-18-10-19(21-25-18)15-5-7-16(20)8-6-15/h4-8,14,17-18,23H,1,9-13H2,2-3H3/t17-,18-/m0/s1. The molecule has 1 N–H and O–H groups in total. The second-order valence-electron chi connectivity index (χ2n) is 6.52. The van der Waals surface area contributed by atoms with Gasteiger partial charge in [0.05, 0.1) is 24.5 Å². The zero-order valence-electron chi connectivity index (χ0n) is 14.9. The van der Waals surface area contributed by atoms with Crippen molar-refractivity contribution in [2.24, 2.45) is 5.16 Å². The molecule has 1 heterocycles. The van der Waals surface area contributed by atoms with Crippen LogP contribution in [0.15, 0.2) is 42.1 Å². The average molecular weight is 367 g/mol. The van der Waals surface area contributed by atoms with E-state index in [0.29, 0.717) is 31.3 Å². The molecule has 0 unspecified atom stereocenters. The lowest BCUT2D eigenvalue weighted by Gasteiger charge is -2.26. The Hall–Kier alpha value is -1.40. The highest BCUT2D eigenvalue weighted by atomic mass is 35.5. The van der Waals surface area contributed by atoms with Gasteiger partial charge in [-0.2, -0.15) is 0 Å².